The summed E-state index contributed by atoms with van der Waals surface area (Å²) in [5.41, 5.74) is 7.49. The quantitative estimate of drug-likeness (QED) is 0.0524. The molecule has 8 nitrogen and oxygen atoms in total. The van der Waals surface area contributed by atoms with Crippen LogP contribution in [0, 0.1) is 7.14 Å². The zero-order valence-electron chi connectivity index (χ0n) is 27.2. The number of ether oxygens (including phenoxy) is 2. The van der Waals surface area contributed by atoms with Gasteiger partial charge in [0.2, 0.25) is 0 Å². The molecule has 2 aromatic rings. The summed E-state index contributed by atoms with van der Waals surface area (Å²) < 4.78 is 27.3. The van der Waals surface area contributed by atoms with Gasteiger partial charge in [-0.2, -0.15) is 0 Å². The van der Waals surface area contributed by atoms with Crippen molar-refractivity contribution in [3.8, 4) is 0 Å². The molecule has 0 radical (unpaired) electrons. The number of carbonyl (C=O) groups excluding carboxylic acids is 3. The van der Waals surface area contributed by atoms with Gasteiger partial charge in [-0.15, -0.1) is 12.4 Å². The van der Waals surface area contributed by atoms with E-state index in [1.807, 2.05) is 6.92 Å². The second kappa shape index (κ2) is 48.2. The Bertz CT molecular complexity index is 867. The molecular formula is C25H37BrClFI2K3NO7. The molecule has 0 aromatic heterocycles. The van der Waals surface area contributed by atoms with Gasteiger partial charge in [0.05, 0.1) is 28.3 Å². The number of benzene rings is 2. The summed E-state index contributed by atoms with van der Waals surface area (Å²) in [5.74, 6) is -0.439. The average molecular weight is 971 g/mol. The van der Waals surface area contributed by atoms with Gasteiger partial charge in [0.1, 0.15) is 0 Å². The topological polar surface area (TPSA) is 128 Å². The third-order valence-electron chi connectivity index (χ3n) is 3.64. The van der Waals surface area contributed by atoms with Crippen molar-refractivity contribution in [2.45, 2.75) is 38.4 Å². The molecule has 0 aliphatic carbocycles. The Hall–Kier alpha value is 3.84. The van der Waals surface area contributed by atoms with Crippen molar-refractivity contribution >= 4 is 91.9 Å². The molecule has 2 N–H and O–H groups in total. The SMILES string of the molecule is BrCc1ccc(I)cc1.CCOC(=O)CCCc1ccc(I)cc1.CCOC(=O)CN.Cl.O=CO[O-].[2H-].[2H]CF.[H-].[K+].[K+].[K+]. The maximum Gasteiger partial charge on any atom is 1.00 e. The van der Waals surface area contributed by atoms with E-state index in [-0.39, 0.29) is 194 Å². The molecule has 0 saturated carbocycles. The van der Waals surface area contributed by atoms with E-state index < -0.39 is 7.15 Å². The Morgan fingerprint density at radius 1 is 1.00 bits per heavy atom. The second-order valence-electron chi connectivity index (χ2n) is 6.25. The first kappa shape index (κ1) is 57.1. The largest absolute Gasteiger partial charge is 1.00 e. The van der Waals surface area contributed by atoms with E-state index in [0.717, 1.165) is 18.2 Å². The molecule has 0 aliphatic heterocycles. The van der Waals surface area contributed by atoms with Crippen LogP contribution >= 0.6 is 73.5 Å². The first-order valence-corrected chi connectivity index (χ1v) is 14.1. The molecule has 0 heterocycles. The maximum absolute atomic E-state index is 11.1. The summed E-state index contributed by atoms with van der Waals surface area (Å²) in [5, 5.41) is 9.38. The van der Waals surface area contributed by atoms with E-state index in [0.29, 0.717) is 19.6 Å². The molecule has 0 aliphatic rings. The maximum atomic E-state index is 11.1. The van der Waals surface area contributed by atoms with Crippen LogP contribution in [0.25, 0.3) is 0 Å². The Morgan fingerprint density at radius 2 is 1.37 bits per heavy atom. The van der Waals surface area contributed by atoms with E-state index in [9.17, 15) is 14.0 Å². The van der Waals surface area contributed by atoms with E-state index in [2.05, 4.69) is 119 Å². The van der Waals surface area contributed by atoms with Crippen LogP contribution < -0.4 is 165 Å². The Kier molecular flexibility index (Phi) is 67.2. The van der Waals surface area contributed by atoms with Crippen LogP contribution in [0.1, 0.15) is 42.0 Å². The van der Waals surface area contributed by atoms with E-state index in [1.165, 1.54) is 18.3 Å². The molecule has 222 valence electrons. The minimum absolute atomic E-state index is 0. The number of carbonyl (C=O) groups is 3. The minimum atomic E-state index is -1.00. The summed E-state index contributed by atoms with van der Waals surface area (Å²) >= 11 is 7.96. The Labute approximate surface area is 417 Å². The van der Waals surface area contributed by atoms with E-state index >= 15 is 0 Å². The van der Waals surface area contributed by atoms with Gasteiger partial charge in [0, 0.05) is 18.9 Å². The van der Waals surface area contributed by atoms with Crippen LogP contribution in [0.2, 0.25) is 0 Å². The average Bonchev–Trinajstić information content (AvgIpc) is 2.92. The summed E-state index contributed by atoms with van der Waals surface area (Å²) in [4.78, 5) is 32.4. The van der Waals surface area contributed by atoms with Crippen LogP contribution in [0.15, 0.2) is 48.5 Å². The molecule has 16 heteroatoms. The molecule has 0 saturated heterocycles. The van der Waals surface area contributed by atoms with Crippen molar-refractivity contribution < 1.29 is 197 Å². The van der Waals surface area contributed by atoms with Gasteiger partial charge in [-0.05, 0) is 107 Å². The third-order valence-corrected chi connectivity index (χ3v) is 5.73. The van der Waals surface area contributed by atoms with Crippen LogP contribution in [-0.4, -0.2) is 45.3 Å². The molecule has 41 heavy (non-hydrogen) atoms. The van der Waals surface area contributed by atoms with Gasteiger partial charge in [-0.1, -0.05) is 40.2 Å². The fourth-order valence-corrected chi connectivity index (χ4v) is 3.21. The van der Waals surface area contributed by atoms with Gasteiger partial charge in [-0.3, -0.25) is 18.8 Å². The van der Waals surface area contributed by atoms with Crippen LogP contribution in [0.5, 0.6) is 0 Å². The van der Waals surface area contributed by atoms with Gasteiger partial charge < -0.3 is 28.2 Å². The van der Waals surface area contributed by atoms with Crippen molar-refractivity contribution in [1.82, 2.24) is 0 Å². The standard InChI is InChI=1S/C12H15IO2.C7H6BrI.C4H9NO2.CH3F.CH2O3.ClH.3K.2H/c1-2-15-12(14)5-3-4-10-6-8-11(13)9-7-10;8-5-6-1-3-7(9)4-2-6;1-2-7-4(6)3-5;1-2;2-1-4-3;;;;;;/h6-9H,2-5H2,1H3;1-4H,5H2;2-3,5H2,1H3;1H3;1,3H;1H;;;;;/q;;;;;;3*+1;2*-1/p-1/i;;;1D;;;;;;1+1;. The first-order chi connectivity index (χ1) is 18.2. The smallest absolute Gasteiger partial charge is 1.00 e. The zero-order valence-corrected chi connectivity index (χ0v) is 40.3. The molecule has 0 bridgehead atoms. The van der Waals surface area contributed by atoms with Crippen LogP contribution in [-0.2, 0) is 40.5 Å². The normalized spacial score (nSPS) is 8.15. The van der Waals surface area contributed by atoms with E-state index in [4.69, 9.17) is 21.9 Å². The fourth-order valence-electron chi connectivity index (χ4n) is 2.11. The van der Waals surface area contributed by atoms with Crippen LogP contribution in [0.4, 0.5) is 4.39 Å². The molecule has 2 rings (SSSR count). The number of esters is 2. The van der Waals surface area contributed by atoms with Crippen molar-refractivity contribution in [3.05, 3.63) is 66.8 Å². The molecular weight excluding hydrogens is 932 g/mol. The predicted molar refractivity (Wildman–Crippen MR) is 170 cm³/mol. The summed E-state index contributed by atoms with van der Waals surface area (Å²) in [6, 6.07) is 16.8. The number of hydrogen-bond acceptors (Lipinski definition) is 8. The van der Waals surface area contributed by atoms with Crippen molar-refractivity contribution in [3.63, 3.8) is 0 Å². The van der Waals surface area contributed by atoms with Gasteiger partial charge in [-0.25, -0.2) is 0 Å². The van der Waals surface area contributed by atoms with Crippen molar-refractivity contribution in [2.75, 3.05) is 26.9 Å². The van der Waals surface area contributed by atoms with Crippen molar-refractivity contribution in [2.24, 2.45) is 5.73 Å². The van der Waals surface area contributed by atoms with Crippen LogP contribution in [0.3, 0.4) is 0 Å². The van der Waals surface area contributed by atoms with Gasteiger partial charge >= 0.3 is 166 Å². The summed E-state index contributed by atoms with van der Waals surface area (Å²) in [6.45, 7) is 4.26. The monoisotopic (exact) mass is 969 g/mol. The molecule has 0 spiro atoms. The molecule has 0 atom stereocenters. The number of aryl methyl sites for hydroxylation is 1. The van der Waals surface area contributed by atoms with Crippen molar-refractivity contribution in [1.29, 1.82) is 0 Å². The Balaban J connectivity index is -0.0000000530. The zero-order chi connectivity index (χ0) is 29.6. The molecule has 0 fully saturated rings. The number of alkyl halides is 2. The molecule has 0 amide bonds. The summed E-state index contributed by atoms with van der Waals surface area (Å²) in [6.07, 6.45) is 2.31. The number of rotatable bonds is 9. The fraction of sp³-hybridized carbons (Fsp3) is 0.400. The summed E-state index contributed by atoms with van der Waals surface area (Å²) in [7, 11) is -1.00. The first-order valence-electron chi connectivity index (χ1n) is 11.5. The van der Waals surface area contributed by atoms with Gasteiger partial charge in [0.15, 0.2) is 0 Å². The third kappa shape index (κ3) is 46.0. The predicted octanol–water partition coefficient (Wildman–Crippen LogP) is -3.45. The molecule has 0 unspecified atom stereocenters. The van der Waals surface area contributed by atoms with E-state index in [1.54, 1.807) is 6.92 Å². The minimum Gasteiger partial charge on any atom is -1.00 e. The number of nitrogens with two attached hydrogens (primary N) is 1. The molecule has 2 aromatic carbocycles. The Morgan fingerprint density at radius 3 is 1.66 bits per heavy atom. The number of halogens is 5. The second-order valence-corrected chi connectivity index (χ2v) is 9.30. The number of hydrogen-bond donors (Lipinski definition) is 1. The van der Waals surface area contributed by atoms with Gasteiger partial charge in [0.25, 0.3) is 6.47 Å².